The highest BCUT2D eigenvalue weighted by molar-refractivity contribution is 5.89. The van der Waals surface area contributed by atoms with Gasteiger partial charge in [0.1, 0.15) is 5.75 Å². The van der Waals surface area contributed by atoms with E-state index in [0.717, 1.165) is 16.5 Å². The predicted octanol–water partition coefficient (Wildman–Crippen LogP) is 2.91. The Morgan fingerprint density at radius 1 is 1.32 bits per heavy atom. The molecule has 3 nitrogen and oxygen atoms in total. The number of carbonyl (C=O) groups is 1. The van der Waals surface area contributed by atoms with Gasteiger partial charge in [0, 0.05) is 11.9 Å². The molecular formula is C16H17NO2. The van der Waals surface area contributed by atoms with Gasteiger partial charge in [0.05, 0.1) is 0 Å². The molecule has 0 aromatic heterocycles. The minimum atomic E-state index is -0.536. The Balaban J connectivity index is 2.17. The first kappa shape index (κ1) is 13.1. The SMILES string of the molecule is C=CCNC(=O)C(C)Oc1cccc2ccccc12. The first-order chi connectivity index (χ1) is 9.22. The maximum atomic E-state index is 11.8. The molecule has 0 spiro atoms. The molecule has 1 N–H and O–H groups in total. The van der Waals surface area contributed by atoms with E-state index in [0.29, 0.717) is 6.54 Å². The molecule has 0 aliphatic rings. The van der Waals surface area contributed by atoms with Gasteiger partial charge in [-0.05, 0) is 18.4 Å². The number of ether oxygens (including phenoxy) is 1. The van der Waals surface area contributed by atoms with E-state index < -0.39 is 6.10 Å². The number of rotatable bonds is 5. The van der Waals surface area contributed by atoms with Crippen LogP contribution in [0.1, 0.15) is 6.92 Å². The second kappa shape index (κ2) is 6.05. The Kier molecular flexibility index (Phi) is 4.18. The van der Waals surface area contributed by atoms with Gasteiger partial charge >= 0.3 is 0 Å². The predicted molar refractivity (Wildman–Crippen MR) is 77.2 cm³/mol. The fraction of sp³-hybridized carbons (Fsp3) is 0.188. The zero-order valence-corrected chi connectivity index (χ0v) is 10.9. The van der Waals surface area contributed by atoms with Crippen molar-refractivity contribution >= 4 is 16.7 Å². The van der Waals surface area contributed by atoms with Crippen LogP contribution in [0.25, 0.3) is 10.8 Å². The van der Waals surface area contributed by atoms with Gasteiger partial charge in [0.25, 0.3) is 5.91 Å². The van der Waals surface area contributed by atoms with E-state index in [-0.39, 0.29) is 5.91 Å². The topological polar surface area (TPSA) is 38.3 Å². The smallest absolute Gasteiger partial charge is 0.261 e. The average Bonchev–Trinajstić information content (AvgIpc) is 2.45. The zero-order chi connectivity index (χ0) is 13.7. The Hall–Kier alpha value is -2.29. The summed E-state index contributed by atoms with van der Waals surface area (Å²) < 4.78 is 5.74. The molecule has 3 heteroatoms. The molecule has 2 aromatic rings. The van der Waals surface area contributed by atoms with Gasteiger partial charge in [-0.1, -0.05) is 42.5 Å². The van der Waals surface area contributed by atoms with Crippen LogP contribution in [0, 0.1) is 0 Å². The van der Waals surface area contributed by atoms with E-state index in [2.05, 4.69) is 11.9 Å². The molecule has 0 saturated carbocycles. The van der Waals surface area contributed by atoms with Gasteiger partial charge in [-0.2, -0.15) is 0 Å². The van der Waals surface area contributed by atoms with Crippen LogP contribution in [0.5, 0.6) is 5.75 Å². The number of amides is 1. The van der Waals surface area contributed by atoms with Gasteiger partial charge in [-0.3, -0.25) is 4.79 Å². The van der Waals surface area contributed by atoms with Crippen molar-refractivity contribution in [2.24, 2.45) is 0 Å². The van der Waals surface area contributed by atoms with Crippen molar-refractivity contribution in [3.63, 3.8) is 0 Å². The van der Waals surface area contributed by atoms with Crippen molar-refractivity contribution in [2.45, 2.75) is 13.0 Å². The molecule has 0 saturated heterocycles. The average molecular weight is 255 g/mol. The summed E-state index contributed by atoms with van der Waals surface area (Å²) in [5, 5.41) is 4.82. The minimum Gasteiger partial charge on any atom is -0.480 e. The largest absolute Gasteiger partial charge is 0.480 e. The number of fused-ring (bicyclic) bond motifs is 1. The van der Waals surface area contributed by atoms with E-state index in [9.17, 15) is 4.79 Å². The number of nitrogens with one attached hydrogen (secondary N) is 1. The van der Waals surface area contributed by atoms with Crippen LogP contribution in [0.3, 0.4) is 0 Å². The highest BCUT2D eigenvalue weighted by atomic mass is 16.5. The summed E-state index contributed by atoms with van der Waals surface area (Å²) in [5.41, 5.74) is 0. The number of hydrogen-bond donors (Lipinski definition) is 1. The van der Waals surface area contributed by atoms with Crippen LogP contribution in [-0.4, -0.2) is 18.6 Å². The standard InChI is InChI=1S/C16H17NO2/c1-3-11-17-16(18)12(2)19-15-10-6-8-13-7-4-5-9-14(13)15/h3-10,12H,1,11H2,2H3,(H,17,18). The van der Waals surface area contributed by atoms with Crippen LogP contribution in [-0.2, 0) is 4.79 Å². The zero-order valence-electron chi connectivity index (χ0n) is 10.9. The van der Waals surface area contributed by atoms with Crippen molar-refractivity contribution in [2.75, 3.05) is 6.54 Å². The van der Waals surface area contributed by atoms with Crippen molar-refractivity contribution in [3.8, 4) is 5.75 Å². The summed E-state index contributed by atoms with van der Waals surface area (Å²) >= 11 is 0. The molecule has 19 heavy (non-hydrogen) atoms. The lowest BCUT2D eigenvalue weighted by molar-refractivity contribution is -0.126. The highest BCUT2D eigenvalue weighted by Crippen LogP contribution is 2.25. The van der Waals surface area contributed by atoms with E-state index in [1.54, 1.807) is 13.0 Å². The summed E-state index contributed by atoms with van der Waals surface area (Å²) in [4.78, 5) is 11.8. The fourth-order valence-electron chi connectivity index (χ4n) is 1.86. The highest BCUT2D eigenvalue weighted by Gasteiger charge is 2.14. The third kappa shape index (κ3) is 3.13. The molecule has 0 aliphatic carbocycles. The molecule has 0 aliphatic heterocycles. The first-order valence-electron chi connectivity index (χ1n) is 6.25. The van der Waals surface area contributed by atoms with E-state index in [1.165, 1.54) is 0 Å². The first-order valence-corrected chi connectivity index (χ1v) is 6.25. The summed E-state index contributed by atoms with van der Waals surface area (Å²) in [6.07, 6.45) is 1.11. The van der Waals surface area contributed by atoms with Crippen LogP contribution in [0.4, 0.5) is 0 Å². The molecule has 1 amide bonds. The number of benzene rings is 2. The van der Waals surface area contributed by atoms with Gasteiger partial charge in [-0.15, -0.1) is 6.58 Å². The van der Waals surface area contributed by atoms with Crippen molar-refractivity contribution in [1.82, 2.24) is 5.32 Å². The Bertz CT molecular complexity index is 587. The third-order valence-corrected chi connectivity index (χ3v) is 2.84. The Morgan fingerprint density at radius 2 is 2.05 bits per heavy atom. The molecule has 0 radical (unpaired) electrons. The van der Waals surface area contributed by atoms with Gasteiger partial charge in [-0.25, -0.2) is 0 Å². The fourth-order valence-corrected chi connectivity index (χ4v) is 1.86. The van der Waals surface area contributed by atoms with Gasteiger partial charge in [0.2, 0.25) is 0 Å². The lowest BCUT2D eigenvalue weighted by Gasteiger charge is -2.15. The van der Waals surface area contributed by atoms with Crippen molar-refractivity contribution in [1.29, 1.82) is 0 Å². The maximum absolute atomic E-state index is 11.8. The van der Waals surface area contributed by atoms with Crippen LogP contribution in [0.15, 0.2) is 55.1 Å². The van der Waals surface area contributed by atoms with E-state index in [4.69, 9.17) is 4.74 Å². The normalized spacial score (nSPS) is 11.8. The second-order valence-electron chi connectivity index (χ2n) is 4.27. The Labute approximate surface area is 112 Å². The lowest BCUT2D eigenvalue weighted by Crippen LogP contribution is -2.36. The van der Waals surface area contributed by atoms with Crippen molar-refractivity contribution < 1.29 is 9.53 Å². The molecule has 0 fully saturated rings. The van der Waals surface area contributed by atoms with Gasteiger partial charge < -0.3 is 10.1 Å². The third-order valence-electron chi connectivity index (χ3n) is 2.84. The second-order valence-corrected chi connectivity index (χ2v) is 4.27. The lowest BCUT2D eigenvalue weighted by atomic mass is 10.1. The number of hydrogen-bond acceptors (Lipinski definition) is 2. The summed E-state index contributed by atoms with van der Waals surface area (Å²) in [6.45, 7) is 5.74. The maximum Gasteiger partial charge on any atom is 0.261 e. The van der Waals surface area contributed by atoms with Crippen LogP contribution >= 0.6 is 0 Å². The molecule has 2 rings (SSSR count). The molecule has 0 bridgehead atoms. The molecule has 1 atom stereocenters. The summed E-state index contributed by atoms with van der Waals surface area (Å²) in [5.74, 6) is 0.576. The number of carbonyl (C=O) groups excluding carboxylic acids is 1. The summed E-state index contributed by atoms with van der Waals surface area (Å²) in [7, 11) is 0. The van der Waals surface area contributed by atoms with E-state index in [1.807, 2.05) is 42.5 Å². The van der Waals surface area contributed by atoms with Crippen LogP contribution < -0.4 is 10.1 Å². The van der Waals surface area contributed by atoms with Gasteiger partial charge in [0.15, 0.2) is 6.10 Å². The minimum absolute atomic E-state index is 0.146. The molecular weight excluding hydrogens is 238 g/mol. The Morgan fingerprint density at radius 3 is 2.84 bits per heavy atom. The van der Waals surface area contributed by atoms with Crippen molar-refractivity contribution in [3.05, 3.63) is 55.1 Å². The molecule has 2 aromatic carbocycles. The van der Waals surface area contributed by atoms with Crippen LogP contribution in [0.2, 0.25) is 0 Å². The molecule has 0 heterocycles. The van der Waals surface area contributed by atoms with E-state index >= 15 is 0 Å². The summed E-state index contributed by atoms with van der Waals surface area (Å²) in [6, 6.07) is 13.8. The molecule has 1 unspecified atom stereocenters. The monoisotopic (exact) mass is 255 g/mol. The molecule has 98 valence electrons. The quantitative estimate of drug-likeness (QED) is 0.834.